The monoisotopic (exact) mass is 516 g/mol. The second-order valence-corrected chi connectivity index (χ2v) is 10.7. The first-order chi connectivity index (χ1) is 18.3. The average Bonchev–Trinajstić information content (AvgIpc) is 2.91. The van der Waals surface area contributed by atoms with E-state index in [4.69, 9.17) is 4.65 Å². The zero-order chi connectivity index (χ0) is 27.0. The van der Waals surface area contributed by atoms with Crippen molar-refractivity contribution in [3.8, 4) is 5.75 Å². The highest BCUT2D eigenvalue weighted by Crippen LogP contribution is 2.51. The number of rotatable bonds is 7. The summed E-state index contributed by atoms with van der Waals surface area (Å²) in [6.45, 7) is 4.15. The molecule has 0 radical (unpaired) electrons. The van der Waals surface area contributed by atoms with Gasteiger partial charge in [-0.2, -0.15) is 0 Å². The minimum absolute atomic E-state index is 0.000372. The van der Waals surface area contributed by atoms with E-state index in [2.05, 4.69) is 6.92 Å². The first-order valence-electron chi connectivity index (χ1n) is 13.7. The van der Waals surface area contributed by atoms with Gasteiger partial charge in [0.1, 0.15) is 0 Å². The summed E-state index contributed by atoms with van der Waals surface area (Å²) in [5.41, 5.74) is 5.08. The highest BCUT2D eigenvalue weighted by molar-refractivity contribution is 6.43. The number of allylic oxidation sites excluding steroid dienone is 2. The molecule has 2 aliphatic carbocycles. The van der Waals surface area contributed by atoms with E-state index in [0.29, 0.717) is 42.3 Å². The topological polar surface area (TPSA) is 83.8 Å². The number of carbonyl (C=O) groups is 2. The van der Waals surface area contributed by atoms with Crippen molar-refractivity contribution in [2.45, 2.75) is 64.8 Å². The summed E-state index contributed by atoms with van der Waals surface area (Å²) in [5, 5.41) is 20.3. The molecule has 2 aromatic carbocycles. The smallest absolute Gasteiger partial charge is 0.455 e. The summed E-state index contributed by atoms with van der Waals surface area (Å²) < 4.78 is 20.0. The van der Waals surface area contributed by atoms with Gasteiger partial charge in [-0.3, -0.25) is 9.59 Å². The Morgan fingerprint density at radius 3 is 2.53 bits per heavy atom. The van der Waals surface area contributed by atoms with Gasteiger partial charge in [0.15, 0.2) is 23.1 Å². The second kappa shape index (κ2) is 11.0. The van der Waals surface area contributed by atoms with Crippen molar-refractivity contribution in [2.24, 2.45) is 17.8 Å². The molecular formula is C31H34BFO5. The molecule has 0 unspecified atom stereocenters. The highest BCUT2D eigenvalue weighted by Gasteiger charge is 2.53. The number of Topliss-reactive ketones (excluding diaryl/α,β-unsaturated/α-hetero) is 2. The van der Waals surface area contributed by atoms with Gasteiger partial charge in [0.2, 0.25) is 0 Å². The van der Waals surface area contributed by atoms with Crippen molar-refractivity contribution >= 4 is 24.8 Å². The molecule has 0 spiro atoms. The Morgan fingerprint density at radius 1 is 1.11 bits per heavy atom. The quantitative estimate of drug-likeness (QED) is 0.328. The summed E-state index contributed by atoms with van der Waals surface area (Å²) in [6, 6.07) is 11.4. The number of hydrogen-bond donors (Lipinski definition) is 2. The lowest BCUT2D eigenvalue weighted by atomic mass is 9.54. The third kappa shape index (κ3) is 4.90. The van der Waals surface area contributed by atoms with Gasteiger partial charge >= 0.3 is 7.12 Å². The minimum Gasteiger partial charge on any atom is -0.505 e. The molecule has 0 aromatic heterocycles. The highest BCUT2D eigenvalue weighted by atomic mass is 19.1. The fourth-order valence-electron chi connectivity index (χ4n) is 6.72. The maximum Gasteiger partial charge on any atom is 0.455 e. The lowest BCUT2D eigenvalue weighted by Gasteiger charge is -2.47. The number of hydrogen-bond acceptors (Lipinski definition) is 5. The van der Waals surface area contributed by atoms with Gasteiger partial charge in [0.25, 0.3) is 0 Å². The molecule has 1 saturated heterocycles. The van der Waals surface area contributed by atoms with E-state index in [-0.39, 0.29) is 29.3 Å². The Morgan fingerprint density at radius 2 is 1.84 bits per heavy atom. The summed E-state index contributed by atoms with van der Waals surface area (Å²) in [5.74, 6) is -2.10. The van der Waals surface area contributed by atoms with Gasteiger partial charge in [-0.05, 0) is 67.6 Å². The number of fused-ring (bicyclic) bond motifs is 4. The van der Waals surface area contributed by atoms with Crippen LogP contribution < -0.4 is 0 Å². The van der Waals surface area contributed by atoms with Gasteiger partial charge in [0.05, 0.1) is 6.10 Å². The SMILES string of the molecule is CCCC1=C2[C@@H](CC/C(=C/c3ccc(O)c(F)c3)CC)OB(O)C[C@@H]2[C@@H]2C(=O)c3ccccc3C(=O)[C@@H]2C1. The van der Waals surface area contributed by atoms with Crippen LogP contribution in [0.25, 0.3) is 6.08 Å². The van der Waals surface area contributed by atoms with Crippen molar-refractivity contribution < 1.29 is 28.8 Å². The van der Waals surface area contributed by atoms with Crippen molar-refractivity contribution in [2.75, 3.05) is 0 Å². The van der Waals surface area contributed by atoms with Gasteiger partial charge in [-0.15, -0.1) is 0 Å². The van der Waals surface area contributed by atoms with Crippen LogP contribution in [0, 0.1) is 23.6 Å². The lowest BCUT2D eigenvalue weighted by Crippen LogP contribution is -2.50. The van der Waals surface area contributed by atoms with E-state index in [1.807, 2.05) is 13.0 Å². The van der Waals surface area contributed by atoms with Gasteiger partial charge < -0.3 is 14.8 Å². The molecule has 0 bridgehead atoms. The van der Waals surface area contributed by atoms with Crippen LogP contribution in [0.1, 0.15) is 78.7 Å². The van der Waals surface area contributed by atoms with Crippen LogP contribution in [0.15, 0.2) is 59.2 Å². The maximum absolute atomic E-state index is 13.9. The van der Waals surface area contributed by atoms with Crippen molar-refractivity contribution in [3.63, 3.8) is 0 Å². The Labute approximate surface area is 223 Å². The number of phenolic OH excluding ortho intramolecular Hbond substituents is 1. The molecule has 7 heteroatoms. The average molecular weight is 516 g/mol. The van der Waals surface area contributed by atoms with Gasteiger partial charge in [-0.1, -0.05) is 67.8 Å². The number of halogens is 1. The second-order valence-electron chi connectivity index (χ2n) is 10.7. The van der Waals surface area contributed by atoms with E-state index in [9.17, 15) is 24.1 Å². The molecule has 4 atom stereocenters. The molecule has 5 nitrogen and oxygen atoms in total. The Balaban J connectivity index is 1.46. The van der Waals surface area contributed by atoms with Crippen LogP contribution >= 0.6 is 0 Å². The normalized spacial score (nSPS) is 25.3. The van der Waals surface area contributed by atoms with Crippen LogP contribution in [-0.4, -0.2) is 34.9 Å². The maximum atomic E-state index is 13.9. The first-order valence-corrected chi connectivity index (χ1v) is 13.7. The van der Waals surface area contributed by atoms with Crippen LogP contribution in [0.3, 0.4) is 0 Å². The first kappa shape index (κ1) is 26.6. The fraction of sp³-hybridized carbons (Fsp3) is 0.419. The number of ketones is 2. The Hall–Kier alpha value is -3.03. The van der Waals surface area contributed by atoms with E-state index < -0.39 is 24.8 Å². The molecule has 198 valence electrons. The van der Waals surface area contributed by atoms with E-state index >= 15 is 0 Å². The number of phenols is 1. The number of aromatic hydroxyl groups is 1. The van der Waals surface area contributed by atoms with Crippen LogP contribution in [0.4, 0.5) is 4.39 Å². The molecule has 0 amide bonds. The zero-order valence-corrected chi connectivity index (χ0v) is 22.0. The van der Waals surface area contributed by atoms with Crippen molar-refractivity contribution in [1.29, 1.82) is 0 Å². The number of benzene rings is 2. The predicted octanol–water partition coefficient (Wildman–Crippen LogP) is 6.41. The third-order valence-corrected chi connectivity index (χ3v) is 8.44. The molecule has 2 N–H and O–H groups in total. The molecule has 3 aliphatic rings. The van der Waals surface area contributed by atoms with Gasteiger partial charge in [-0.25, -0.2) is 4.39 Å². The molecule has 2 aromatic rings. The van der Waals surface area contributed by atoms with Crippen LogP contribution in [0.2, 0.25) is 6.32 Å². The van der Waals surface area contributed by atoms with Gasteiger partial charge in [0, 0.05) is 23.0 Å². The number of carbonyl (C=O) groups excluding carboxylic acids is 2. The fourth-order valence-corrected chi connectivity index (χ4v) is 6.72. The standard InChI is InChI=1S/C31H34BFO5/c1-3-7-20-16-23-29(31(36)22-9-6-5-8-21(22)30(23)35)24-17-32(37)38-27(28(20)24)13-11-18(4-2)14-19-10-12-26(34)25(33)15-19/h5-6,8-10,12,14-15,23-24,27,29,34,37H,3-4,7,11,13,16-17H2,1-2H3/b18-14+/t23-,24+,27-,29-/m1/s1. The zero-order valence-electron chi connectivity index (χ0n) is 22.0. The summed E-state index contributed by atoms with van der Waals surface area (Å²) in [6.07, 6.45) is 6.25. The largest absolute Gasteiger partial charge is 0.505 e. The van der Waals surface area contributed by atoms with E-state index in [1.165, 1.54) is 17.7 Å². The molecule has 5 rings (SSSR count). The molecular weight excluding hydrogens is 482 g/mol. The van der Waals surface area contributed by atoms with Crippen LogP contribution in [0.5, 0.6) is 5.75 Å². The Bertz CT molecular complexity index is 1320. The molecule has 1 aliphatic heterocycles. The molecule has 38 heavy (non-hydrogen) atoms. The minimum atomic E-state index is -1.00. The van der Waals surface area contributed by atoms with Crippen LogP contribution in [-0.2, 0) is 4.65 Å². The van der Waals surface area contributed by atoms with E-state index in [1.54, 1.807) is 30.3 Å². The third-order valence-electron chi connectivity index (χ3n) is 8.44. The molecule has 0 saturated carbocycles. The van der Waals surface area contributed by atoms with Crippen molar-refractivity contribution in [3.05, 3.63) is 81.7 Å². The lowest BCUT2D eigenvalue weighted by molar-refractivity contribution is 0.0598. The summed E-state index contributed by atoms with van der Waals surface area (Å²) in [7, 11) is -1.00. The predicted molar refractivity (Wildman–Crippen MR) is 145 cm³/mol. The molecule has 1 heterocycles. The summed E-state index contributed by atoms with van der Waals surface area (Å²) >= 11 is 0. The van der Waals surface area contributed by atoms with Crippen molar-refractivity contribution in [1.82, 2.24) is 0 Å². The van der Waals surface area contributed by atoms with E-state index in [0.717, 1.165) is 30.4 Å². The molecule has 1 fully saturated rings. The summed E-state index contributed by atoms with van der Waals surface area (Å²) in [4.78, 5) is 27.3. The Kier molecular flexibility index (Phi) is 7.69.